The van der Waals surface area contributed by atoms with E-state index < -0.39 is 0 Å². The Labute approximate surface area is 129 Å². The van der Waals surface area contributed by atoms with Gasteiger partial charge in [-0.1, -0.05) is 29.4 Å². The fourth-order valence-electron chi connectivity index (χ4n) is 2.53. The highest BCUT2D eigenvalue weighted by Crippen LogP contribution is 2.31. The van der Waals surface area contributed by atoms with Crippen LogP contribution in [0.25, 0.3) is 0 Å². The molecule has 3 rings (SSSR count). The molecule has 1 fully saturated rings. The van der Waals surface area contributed by atoms with Crippen LogP contribution >= 0.6 is 23.4 Å². The Bertz CT molecular complexity index is 561. The Kier molecular flexibility index (Phi) is 4.54. The maximum atomic E-state index is 5.93. The van der Waals surface area contributed by atoms with Crippen LogP contribution in [-0.2, 0) is 0 Å². The summed E-state index contributed by atoms with van der Waals surface area (Å²) in [5.74, 6) is 0. The van der Waals surface area contributed by atoms with Crippen molar-refractivity contribution in [2.24, 2.45) is 0 Å². The molecule has 0 atom stereocenters. The van der Waals surface area contributed by atoms with Crippen LogP contribution in [0.4, 0.5) is 5.69 Å². The topological polar surface area (TPSA) is 3.24 Å². The van der Waals surface area contributed by atoms with Gasteiger partial charge in [0.15, 0.2) is 0 Å². The van der Waals surface area contributed by atoms with Crippen molar-refractivity contribution in [3.05, 3.63) is 53.6 Å². The molecule has 0 unspecified atom stereocenters. The van der Waals surface area contributed by atoms with Gasteiger partial charge < -0.3 is 4.90 Å². The minimum Gasteiger partial charge on any atom is -0.372 e. The van der Waals surface area contributed by atoms with Crippen LogP contribution in [0.5, 0.6) is 0 Å². The van der Waals surface area contributed by atoms with Gasteiger partial charge in [0.1, 0.15) is 0 Å². The third-order valence-electron chi connectivity index (χ3n) is 3.59. The van der Waals surface area contributed by atoms with Crippen molar-refractivity contribution in [3.8, 4) is 0 Å². The fraction of sp³-hybridized carbons (Fsp3) is 0.294. The molecule has 2 aromatic rings. The molecule has 0 N–H and O–H groups in total. The highest BCUT2D eigenvalue weighted by molar-refractivity contribution is 7.99. The lowest BCUT2D eigenvalue weighted by Crippen LogP contribution is -2.29. The molecule has 1 aliphatic rings. The van der Waals surface area contributed by atoms with Gasteiger partial charge in [-0.15, -0.1) is 0 Å². The van der Waals surface area contributed by atoms with Crippen molar-refractivity contribution >= 4 is 29.1 Å². The minimum absolute atomic E-state index is 0.788. The molecule has 1 nitrogen and oxygen atoms in total. The zero-order valence-electron chi connectivity index (χ0n) is 11.4. The van der Waals surface area contributed by atoms with E-state index >= 15 is 0 Å². The van der Waals surface area contributed by atoms with Crippen LogP contribution in [0.2, 0.25) is 5.02 Å². The number of nitrogens with zero attached hydrogens (tertiary/aromatic N) is 1. The molecule has 0 amide bonds. The quantitative estimate of drug-likeness (QED) is 0.738. The van der Waals surface area contributed by atoms with Crippen LogP contribution < -0.4 is 4.90 Å². The van der Waals surface area contributed by atoms with Crippen molar-refractivity contribution in [2.45, 2.75) is 29.1 Å². The predicted octanol–water partition coefficient (Wildman–Crippen LogP) is 5.48. The number of rotatable bonds is 3. The number of piperidine rings is 1. The second-order valence-corrected chi connectivity index (χ2v) is 6.68. The molecule has 0 saturated carbocycles. The first-order valence-electron chi connectivity index (χ1n) is 7.10. The zero-order chi connectivity index (χ0) is 13.8. The largest absolute Gasteiger partial charge is 0.372 e. The van der Waals surface area contributed by atoms with Crippen LogP contribution in [0.15, 0.2) is 58.3 Å². The van der Waals surface area contributed by atoms with Crippen molar-refractivity contribution in [1.82, 2.24) is 0 Å². The lowest BCUT2D eigenvalue weighted by atomic mass is 10.1. The summed E-state index contributed by atoms with van der Waals surface area (Å²) in [6.45, 7) is 2.38. The Morgan fingerprint density at radius 2 is 1.60 bits per heavy atom. The van der Waals surface area contributed by atoms with Gasteiger partial charge in [-0.05, 0) is 61.7 Å². The standard InChI is InChI=1S/C17H18ClNS/c18-14-7-9-16(10-8-14)20-17-6-4-5-15(13-17)19-11-2-1-3-12-19/h4-10,13H,1-3,11-12H2. The summed E-state index contributed by atoms with van der Waals surface area (Å²) in [4.78, 5) is 5.01. The average molecular weight is 304 g/mol. The van der Waals surface area contributed by atoms with Crippen LogP contribution in [0.1, 0.15) is 19.3 Å². The van der Waals surface area contributed by atoms with E-state index in [4.69, 9.17) is 11.6 Å². The smallest absolute Gasteiger partial charge is 0.0406 e. The molecule has 0 aromatic heterocycles. The van der Waals surface area contributed by atoms with E-state index in [1.54, 1.807) is 11.8 Å². The Morgan fingerprint density at radius 3 is 2.35 bits per heavy atom. The summed E-state index contributed by atoms with van der Waals surface area (Å²) < 4.78 is 0. The normalized spacial score (nSPS) is 15.3. The highest BCUT2D eigenvalue weighted by atomic mass is 35.5. The molecular formula is C17H18ClNS. The third kappa shape index (κ3) is 3.50. The Balaban J connectivity index is 1.75. The van der Waals surface area contributed by atoms with Crippen LogP contribution in [0.3, 0.4) is 0 Å². The molecule has 1 heterocycles. The van der Waals surface area contributed by atoms with Crippen molar-refractivity contribution < 1.29 is 0 Å². The Hall–Kier alpha value is -1.12. The van der Waals surface area contributed by atoms with Crippen LogP contribution in [-0.4, -0.2) is 13.1 Å². The minimum atomic E-state index is 0.788. The van der Waals surface area contributed by atoms with Crippen molar-refractivity contribution in [2.75, 3.05) is 18.0 Å². The maximum absolute atomic E-state index is 5.93. The van der Waals surface area contributed by atoms with Gasteiger partial charge in [0.25, 0.3) is 0 Å². The van der Waals surface area contributed by atoms with E-state index in [1.807, 2.05) is 12.1 Å². The SMILES string of the molecule is Clc1ccc(Sc2cccc(N3CCCCC3)c2)cc1. The number of benzene rings is 2. The summed E-state index contributed by atoms with van der Waals surface area (Å²) in [6.07, 6.45) is 4.00. The first kappa shape index (κ1) is 13.8. The third-order valence-corrected chi connectivity index (χ3v) is 4.84. The molecule has 1 aliphatic heterocycles. The molecule has 0 radical (unpaired) electrons. The molecule has 0 bridgehead atoms. The van der Waals surface area contributed by atoms with Gasteiger partial charge >= 0.3 is 0 Å². The highest BCUT2D eigenvalue weighted by Gasteiger charge is 2.11. The Morgan fingerprint density at radius 1 is 0.850 bits per heavy atom. The van der Waals surface area contributed by atoms with E-state index in [0.29, 0.717) is 0 Å². The van der Waals surface area contributed by atoms with E-state index in [-0.39, 0.29) is 0 Å². The molecule has 2 aromatic carbocycles. The number of halogens is 1. The second-order valence-electron chi connectivity index (χ2n) is 5.10. The van der Waals surface area contributed by atoms with E-state index in [1.165, 1.54) is 47.8 Å². The number of hydrogen-bond acceptors (Lipinski definition) is 2. The summed E-state index contributed by atoms with van der Waals surface area (Å²) >= 11 is 7.71. The summed E-state index contributed by atoms with van der Waals surface area (Å²) in [5, 5.41) is 0.788. The molecule has 0 spiro atoms. The number of hydrogen-bond donors (Lipinski definition) is 0. The lowest BCUT2D eigenvalue weighted by molar-refractivity contribution is 0.577. The molecular weight excluding hydrogens is 286 g/mol. The van der Waals surface area contributed by atoms with Gasteiger partial charge in [-0.25, -0.2) is 0 Å². The first-order valence-corrected chi connectivity index (χ1v) is 8.29. The fourth-order valence-corrected chi connectivity index (χ4v) is 3.53. The van der Waals surface area contributed by atoms with Gasteiger partial charge in [0.2, 0.25) is 0 Å². The number of anilines is 1. The van der Waals surface area contributed by atoms with Gasteiger partial charge in [0.05, 0.1) is 0 Å². The van der Waals surface area contributed by atoms with Gasteiger partial charge in [-0.2, -0.15) is 0 Å². The van der Waals surface area contributed by atoms with E-state index in [2.05, 4.69) is 41.3 Å². The zero-order valence-corrected chi connectivity index (χ0v) is 13.0. The summed E-state index contributed by atoms with van der Waals surface area (Å²) in [7, 11) is 0. The molecule has 3 heteroatoms. The average Bonchev–Trinajstić information content (AvgIpc) is 2.51. The predicted molar refractivity (Wildman–Crippen MR) is 88.1 cm³/mol. The van der Waals surface area contributed by atoms with Gasteiger partial charge in [0, 0.05) is 33.6 Å². The molecule has 1 saturated heterocycles. The molecule has 104 valence electrons. The summed E-state index contributed by atoms with van der Waals surface area (Å²) in [5.41, 5.74) is 1.35. The van der Waals surface area contributed by atoms with Crippen LogP contribution in [0, 0.1) is 0 Å². The second kappa shape index (κ2) is 6.55. The monoisotopic (exact) mass is 303 g/mol. The van der Waals surface area contributed by atoms with Crippen molar-refractivity contribution in [1.29, 1.82) is 0 Å². The molecule has 0 aliphatic carbocycles. The maximum Gasteiger partial charge on any atom is 0.0406 e. The van der Waals surface area contributed by atoms with E-state index in [0.717, 1.165) is 5.02 Å². The first-order chi connectivity index (χ1) is 9.81. The summed E-state index contributed by atoms with van der Waals surface area (Å²) in [6, 6.07) is 16.9. The molecule has 20 heavy (non-hydrogen) atoms. The lowest BCUT2D eigenvalue weighted by Gasteiger charge is -2.29. The van der Waals surface area contributed by atoms with E-state index in [9.17, 15) is 0 Å². The van der Waals surface area contributed by atoms with Crippen molar-refractivity contribution in [3.63, 3.8) is 0 Å². The van der Waals surface area contributed by atoms with Gasteiger partial charge in [-0.3, -0.25) is 0 Å².